The van der Waals surface area contributed by atoms with Crippen molar-refractivity contribution in [2.75, 3.05) is 20.3 Å². The third-order valence-corrected chi connectivity index (χ3v) is 2.69. The summed E-state index contributed by atoms with van der Waals surface area (Å²) in [4.78, 5) is 11.6. The predicted molar refractivity (Wildman–Crippen MR) is 72.3 cm³/mol. The molecule has 1 amide bonds. The van der Waals surface area contributed by atoms with E-state index in [1.807, 2.05) is 44.2 Å². The van der Waals surface area contributed by atoms with E-state index in [0.717, 1.165) is 0 Å². The lowest BCUT2D eigenvalue weighted by Gasteiger charge is -2.16. The van der Waals surface area contributed by atoms with E-state index in [4.69, 9.17) is 4.74 Å². The Morgan fingerprint density at radius 1 is 1.28 bits per heavy atom. The van der Waals surface area contributed by atoms with Crippen LogP contribution in [0.25, 0.3) is 0 Å². The maximum atomic E-state index is 11.6. The highest BCUT2D eigenvalue weighted by molar-refractivity contribution is 5.78. The van der Waals surface area contributed by atoms with E-state index in [2.05, 4.69) is 10.6 Å². The van der Waals surface area contributed by atoms with Crippen LogP contribution >= 0.6 is 0 Å². The minimum absolute atomic E-state index is 0.0117. The number of rotatable bonds is 7. The lowest BCUT2D eigenvalue weighted by Crippen LogP contribution is -2.41. The average molecular weight is 250 g/mol. The van der Waals surface area contributed by atoms with Crippen molar-refractivity contribution >= 4 is 5.91 Å². The van der Waals surface area contributed by atoms with Gasteiger partial charge in [0.1, 0.15) is 0 Å². The van der Waals surface area contributed by atoms with Crippen molar-refractivity contribution in [2.45, 2.75) is 25.9 Å². The number of ether oxygens (including phenoxy) is 1. The van der Waals surface area contributed by atoms with Gasteiger partial charge in [0, 0.05) is 19.2 Å². The average Bonchev–Trinajstić information content (AvgIpc) is 2.37. The fourth-order valence-corrected chi connectivity index (χ4v) is 1.72. The second kappa shape index (κ2) is 7.84. The fourth-order valence-electron chi connectivity index (χ4n) is 1.72. The molecule has 1 unspecified atom stereocenters. The van der Waals surface area contributed by atoms with Gasteiger partial charge in [-0.15, -0.1) is 0 Å². The summed E-state index contributed by atoms with van der Waals surface area (Å²) in [5, 5.41) is 6.05. The molecule has 4 nitrogen and oxygen atoms in total. The van der Waals surface area contributed by atoms with E-state index in [-0.39, 0.29) is 18.0 Å². The molecule has 0 aliphatic carbocycles. The minimum Gasteiger partial charge on any atom is -0.383 e. The van der Waals surface area contributed by atoms with Crippen molar-refractivity contribution in [3.8, 4) is 0 Å². The molecule has 1 aromatic rings. The van der Waals surface area contributed by atoms with Crippen LogP contribution in [0.2, 0.25) is 0 Å². The van der Waals surface area contributed by atoms with Crippen molar-refractivity contribution in [3.63, 3.8) is 0 Å². The van der Waals surface area contributed by atoms with Gasteiger partial charge >= 0.3 is 0 Å². The van der Waals surface area contributed by atoms with Gasteiger partial charge in [-0.1, -0.05) is 30.3 Å². The van der Waals surface area contributed by atoms with Crippen LogP contribution in [0.4, 0.5) is 0 Å². The van der Waals surface area contributed by atoms with Gasteiger partial charge in [-0.2, -0.15) is 0 Å². The summed E-state index contributed by atoms with van der Waals surface area (Å²) >= 11 is 0. The Kier molecular flexibility index (Phi) is 6.39. The lowest BCUT2D eigenvalue weighted by molar-refractivity contribution is -0.121. The van der Waals surface area contributed by atoms with E-state index < -0.39 is 0 Å². The largest absolute Gasteiger partial charge is 0.383 e. The standard InChI is InChI=1S/C14H22N2O2/c1-11(10-18-3)16-14(17)9-15-12(2)13-7-5-4-6-8-13/h4-8,11-12,15H,9-10H2,1-3H3,(H,16,17)/t11?,12-/m0/s1. The summed E-state index contributed by atoms with van der Waals surface area (Å²) in [5.74, 6) is -0.0117. The molecule has 0 radical (unpaired) electrons. The van der Waals surface area contributed by atoms with Gasteiger partial charge in [0.15, 0.2) is 0 Å². The molecule has 0 aliphatic heterocycles. The van der Waals surface area contributed by atoms with Crippen molar-refractivity contribution in [3.05, 3.63) is 35.9 Å². The molecule has 18 heavy (non-hydrogen) atoms. The van der Waals surface area contributed by atoms with E-state index >= 15 is 0 Å². The first-order valence-electron chi connectivity index (χ1n) is 6.20. The number of carbonyl (C=O) groups excluding carboxylic acids is 1. The number of carbonyl (C=O) groups is 1. The van der Waals surface area contributed by atoms with Gasteiger partial charge in [-0.3, -0.25) is 4.79 Å². The van der Waals surface area contributed by atoms with E-state index in [1.165, 1.54) is 5.56 Å². The van der Waals surface area contributed by atoms with Gasteiger partial charge in [0.05, 0.1) is 13.2 Å². The highest BCUT2D eigenvalue weighted by Crippen LogP contribution is 2.10. The van der Waals surface area contributed by atoms with E-state index in [0.29, 0.717) is 13.2 Å². The Balaban J connectivity index is 2.30. The fraction of sp³-hybridized carbons (Fsp3) is 0.500. The topological polar surface area (TPSA) is 50.4 Å². The zero-order valence-electron chi connectivity index (χ0n) is 11.3. The molecule has 0 saturated carbocycles. The van der Waals surface area contributed by atoms with Crippen molar-refractivity contribution in [2.24, 2.45) is 0 Å². The normalized spacial score (nSPS) is 13.9. The van der Waals surface area contributed by atoms with Crippen LogP contribution in [0.1, 0.15) is 25.5 Å². The maximum Gasteiger partial charge on any atom is 0.234 e. The monoisotopic (exact) mass is 250 g/mol. The summed E-state index contributed by atoms with van der Waals surface area (Å²) in [6, 6.07) is 10.3. The Labute approximate surface area is 109 Å². The molecule has 0 aromatic heterocycles. The predicted octanol–water partition coefficient (Wildman–Crippen LogP) is 1.49. The van der Waals surface area contributed by atoms with Crippen LogP contribution in [0.5, 0.6) is 0 Å². The second-order valence-corrected chi connectivity index (χ2v) is 4.44. The Morgan fingerprint density at radius 2 is 1.94 bits per heavy atom. The highest BCUT2D eigenvalue weighted by Gasteiger charge is 2.09. The summed E-state index contributed by atoms with van der Waals surface area (Å²) in [6.45, 7) is 4.80. The lowest BCUT2D eigenvalue weighted by atomic mass is 10.1. The molecular weight excluding hydrogens is 228 g/mol. The van der Waals surface area contributed by atoms with Crippen molar-refractivity contribution in [1.29, 1.82) is 0 Å². The number of nitrogens with one attached hydrogen (secondary N) is 2. The van der Waals surface area contributed by atoms with Crippen molar-refractivity contribution < 1.29 is 9.53 Å². The number of methoxy groups -OCH3 is 1. The van der Waals surface area contributed by atoms with E-state index in [1.54, 1.807) is 7.11 Å². The molecule has 0 aliphatic rings. The molecule has 1 rings (SSSR count). The molecule has 4 heteroatoms. The van der Waals surface area contributed by atoms with Gasteiger partial charge in [-0.05, 0) is 19.4 Å². The SMILES string of the molecule is COCC(C)NC(=O)CN[C@@H](C)c1ccccc1. The smallest absolute Gasteiger partial charge is 0.234 e. The number of amides is 1. The van der Waals surface area contributed by atoms with Crippen LogP contribution in [0, 0.1) is 0 Å². The van der Waals surface area contributed by atoms with Gasteiger partial charge < -0.3 is 15.4 Å². The third-order valence-electron chi connectivity index (χ3n) is 2.69. The zero-order valence-corrected chi connectivity index (χ0v) is 11.3. The molecule has 0 heterocycles. The third kappa shape index (κ3) is 5.29. The quantitative estimate of drug-likeness (QED) is 0.771. The molecule has 2 atom stereocenters. The van der Waals surface area contributed by atoms with Crippen LogP contribution in [0.3, 0.4) is 0 Å². The summed E-state index contributed by atoms with van der Waals surface area (Å²) in [5.41, 5.74) is 1.18. The summed E-state index contributed by atoms with van der Waals surface area (Å²) in [6.07, 6.45) is 0. The molecule has 0 spiro atoms. The Morgan fingerprint density at radius 3 is 2.56 bits per heavy atom. The molecule has 100 valence electrons. The summed E-state index contributed by atoms with van der Waals surface area (Å²) in [7, 11) is 1.62. The first-order chi connectivity index (χ1) is 8.63. The maximum absolute atomic E-state index is 11.6. The van der Waals surface area contributed by atoms with Crippen LogP contribution < -0.4 is 10.6 Å². The van der Waals surface area contributed by atoms with Gasteiger partial charge in [0.2, 0.25) is 5.91 Å². The first-order valence-corrected chi connectivity index (χ1v) is 6.20. The Bertz CT molecular complexity index is 354. The van der Waals surface area contributed by atoms with Crippen LogP contribution in [-0.4, -0.2) is 32.2 Å². The molecule has 0 fully saturated rings. The van der Waals surface area contributed by atoms with Crippen LogP contribution in [-0.2, 0) is 9.53 Å². The van der Waals surface area contributed by atoms with E-state index in [9.17, 15) is 4.79 Å². The second-order valence-electron chi connectivity index (χ2n) is 4.44. The minimum atomic E-state index is -0.0117. The highest BCUT2D eigenvalue weighted by atomic mass is 16.5. The number of hydrogen-bond donors (Lipinski definition) is 2. The van der Waals surface area contributed by atoms with Crippen molar-refractivity contribution in [1.82, 2.24) is 10.6 Å². The molecule has 0 saturated heterocycles. The number of hydrogen-bond acceptors (Lipinski definition) is 3. The zero-order chi connectivity index (χ0) is 13.4. The Hall–Kier alpha value is -1.39. The number of benzene rings is 1. The molecule has 0 bridgehead atoms. The summed E-state index contributed by atoms with van der Waals surface area (Å²) < 4.78 is 4.96. The molecule has 1 aromatic carbocycles. The van der Waals surface area contributed by atoms with Gasteiger partial charge in [0.25, 0.3) is 0 Å². The molecular formula is C14H22N2O2. The van der Waals surface area contributed by atoms with Gasteiger partial charge in [-0.25, -0.2) is 0 Å². The first kappa shape index (κ1) is 14.7. The molecule has 2 N–H and O–H groups in total. The van der Waals surface area contributed by atoms with Crippen LogP contribution in [0.15, 0.2) is 30.3 Å².